The Kier molecular flexibility index (Phi) is 4.26. The van der Waals surface area contributed by atoms with Crippen molar-refractivity contribution in [2.45, 2.75) is 0 Å². The maximum absolute atomic E-state index is 12.1. The van der Waals surface area contributed by atoms with E-state index in [2.05, 4.69) is 37.9 Å². The molecule has 2 heterocycles. The van der Waals surface area contributed by atoms with Gasteiger partial charge in [0, 0.05) is 20.7 Å². The number of thiazole rings is 1. The Hall–Kier alpha value is -1.80. The first-order chi connectivity index (χ1) is 10.2. The Labute approximate surface area is 139 Å². The van der Waals surface area contributed by atoms with E-state index < -0.39 is 0 Å². The summed E-state index contributed by atoms with van der Waals surface area (Å²) in [6.45, 7) is 0. The number of hydrogen-bond acceptors (Lipinski definition) is 4. The highest BCUT2D eigenvalue weighted by molar-refractivity contribution is 14.1. The molecule has 0 bridgehead atoms. The zero-order chi connectivity index (χ0) is 14.7. The maximum Gasteiger partial charge on any atom is 0.257 e. The Balaban J connectivity index is 1.77. The summed E-state index contributed by atoms with van der Waals surface area (Å²) in [5.74, 6) is -0.157. The lowest BCUT2D eigenvalue weighted by molar-refractivity contribution is 0.102. The van der Waals surface area contributed by atoms with Gasteiger partial charge in [-0.25, -0.2) is 4.98 Å². The predicted molar refractivity (Wildman–Crippen MR) is 92.5 cm³/mol. The van der Waals surface area contributed by atoms with Crippen LogP contribution in [0.5, 0.6) is 0 Å². The van der Waals surface area contributed by atoms with Crippen LogP contribution in [0, 0.1) is 3.57 Å². The van der Waals surface area contributed by atoms with Gasteiger partial charge in [0.05, 0.1) is 5.69 Å². The van der Waals surface area contributed by atoms with Crippen molar-refractivity contribution in [2.24, 2.45) is 0 Å². The summed E-state index contributed by atoms with van der Waals surface area (Å²) in [4.78, 5) is 20.8. The summed E-state index contributed by atoms with van der Waals surface area (Å²) in [5, 5.41) is 5.26. The molecule has 6 heteroatoms. The molecule has 0 saturated carbocycles. The molecular weight excluding hydrogens is 397 g/mol. The molecule has 4 nitrogen and oxygen atoms in total. The summed E-state index contributed by atoms with van der Waals surface area (Å²) >= 11 is 3.57. The molecule has 1 aromatic carbocycles. The van der Waals surface area contributed by atoms with Crippen molar-refractivity contribution < 1.29 is 4.79 Å². The van der Waals surface area contributed by atoms with Gasteiger partial charge < -0.3 is 0 Å². The molecule has 21 heavy (non-hydrogen) atoms. The van der Waals surface area contributed by atoms with Crippen molar-refractivity contribution in [2.75, 3.05) is 5.32 Å². The monoisotopic (exact) mass is 407 g/mol. The van der Waals surface area contributed by atoms with Gasteiger partial charge in [-0.1, -0.05) is 12.1 Å². The number of rotatable bonds is 3. The van der Waals surface area contributed by atoms with Crippen LogP contribution >= 0.6 is 33.9 Å². The summed E-state index contributed by atoms with van der Waals surface area (Å²) in [6.07, 6.45) is 1.72. The standard InChI is InChI=1S/C15H10IN3OS/c16-11-5-3-4-10(8-11)14(20)19-15-18-13(9-21-15)12-6-1-2-7-17-12/h1-9H,(H,18,19,20). The molecule has 0 spiro atoms. The van der Waals surface area contributed by atoms with E-state index in [4.69, 9.17) is 0 Å². The summed E-state index contributed by atoms with van der Waals surface area (Å²) in [7, 11) is 0. The van der Waals surface area contributed by atoms with Crippen molar-refractivity contribution in [3.05, 3.63) is 63.2 Å². The fourth-order valence-corrected chi connectivity index (χ4v) is 3.00. The molecule has 104 valence electrons. The highest BCUT2D eigenvalue weighted by atomic mass is 127. The summed E-state index contributed by atoms with van der Waals surface area (Å²) in [5.41, 5.74) is 2.18. The number of pyridine rings is 1. The topological polar surface area (TPSA) is 54.9 Å². The van der Waals surface area contributed by atoms with E-state index >= 15 is 0 Å². The Morgan fingerprint density at radius 3 is 2.81 bits per heavy atom. The number of carbonyl (C=O) groups excluding carboxylic acids is 1. The lowest BCUT2D eigenvalue weighted by Crippen LogP contribution is -2.11. The minimum Gasteiger partial charge on any atom is -0.298 e. The molecule has 2 aromatic heterocycles. The van der Waals surface area contributed by atoms with Crippen LogP contribution in [0.3, 0.4) is 0 Å². The number of anilines is 1. The highest BCUT2D eigenvalue weighted by Crippen LogP contribution is 2.23. The first-order valence-electron chi connectivity index (χ1n) is 6.16. The van der Waals surface area contributed by atoms with E-state index in [0.29, 0.717) is 10.7 Å². The zero-order valence-corrected chi connectivity index (χ0v) is 13.8. The molecule has 0 unspecified atom stereocenters. The summed E-state index contributed by atoms with van der Waals surface area (Å²) in [6, 6.07) is 13.1. The van der Waals surface area contributed by atoms with E-state index in [9.17, 15) is 4.79 Å². The first kappa shape index (κ1) is 14.2. The minimum absolute atomic E-state index is 0.157. The van der Waals surface area contributed by atoms with Crippen LogP contribution in [-0.4, -0.2) is 15.9 Å². The van der Waals surface area contributed by atoms with E-state index in [-0.39, 0.29) is 5.91 Å². The average molecular weight is 407 g/mol. The molecular formula is C15H10IN3OS. The van der Waals surface area contributed by atoms with Crippen LogP contribution in [0.15, 0.2) is 54.0 Å². The number of amides is 1. The lowest BCUT2D eigenvalue weighted by atomic mass is 10.2. The quantitative estimate of drug-likeness (QED) is 0.667. The molecule has 0 atom stereocenters. The Morgan fingerprint density at radius 2 is 2.05 bits per heavy atom. The van der Waals surface area contributed by atoms with Gasteiger partial charge in [-0.2, -0.15) is 0 Å². The van der Waals surface area contributed by atoms with Gasteiger partial charge in [0.25, 0.3) is 5.91 Å². The fourth-order valence-electron chi connectivity index (χ4n) is 1.76. The van der Waals surface area contributed by atoms with Crippen LogP contribution in [0.4, 0.5) is 5.13 Å². The van der Waals surface area contributed by atoms with Crippen LogP contribution in [-0.2, 0) is 0 Å². The van der Waals surface area contributed by atoms with Crippen molar-refractivity contribution in [3.8, 4) is 11.4 Å². The van der Waals surface area contributed by atoms with E-state index in [1.807, 2.05) is 41.8 Å². The lowest BCUT2D eigenvalue weighted by Gasteiger charge is -2.02. The third-order valence-electron chi connectivity index (χ3n) is 2.74. The van der Waals surface area contributed by atoms with Gasteiger partial charge in [-0.3, -0.25) is 15.1 Å². The van der Waals surface area contributed by atoms with Crippen LogP contribution in [0.25, 0.3) is 11.4 Å². The SMILES string of the molecule is O=C(Nc1nc(-c2ccccn2)cs1)c1cccc(I)c1. The number of benzene rings is 1. The smallest absolute Gasteiger partial charge is 0.257 e. The number of nitrogens with one attached hydrogen (secondary N) is 1. The number of carbonyl (C=O) groups is 1. The van der Waals surface area contributed by atoms with Crippen molar-refractivity contribution in [1.82, 2.24) is 9.97 Å². The van der Waals surface area contributed by atoms with Crippen molar-refractivity contribution in [3.63, 3.8) is 0 Å². The van der Waals surface area contributed by atoms with Crippen LogP contribution in [0.2, 0.25) is 0 Å². The molecule has 1 amide bonds. The second-order valence-corrected chi connectivity index (χ2v) is 6.32. The van der Waals surface area contributed by atoms with Crippen molar-refractivity contribution >= 4 is 45.0 Å². The molecule has 0 fully saturated rings. The third-order valence-corrected chi connectivity index (χ3v) is 4.17. The van der Waals surface area contributed by atoms with Gasteiger partial charge in [0.1, 0.15) is 5.69 Å². The third kappa shape index (κ3) is 3.45. The predicted octanol–water partition coefficient (Wildman–Crippen LogP) is 4.06. The van der Waals surface area contributed by atoms with Crippen LogP contribution in [0.1, 0.15) is 10.4 Å². The van der Waals surface area contributed by atoms with Crippen molar-refractivity contribution in [1.29, 1.82) is 0 Å². The van der Waals surface area contributed by atoms with Gasteiger partial charge in [-0.15, -0.1) is 11.3 Å². The summed E-state index contributed by atoms with van der Waals surface area (Å²) < 4.78 is 1.02. The van der Waals surface area contributed by atoms with E-state index in [1.165, 1.54) is 11.3 Å². The Bertz CT molecular complexity index is 773. The number of aromatic nitrogens is 2. The molecule has 0 aliphatic rings. The molecule has 0 aliphatic carbocycles. The van der Waals surface area contributed by atoms with E-state index in [0.717, 1.165) is 15.0 Å². The van der Waals surface area contributed by atoms with Gasteiger partial charge in [0.2, 0.25) is 0 Å². The normalized spacial score (nSPS) is 10.3. The van der Waals surface area contributed by atoms with Crippen LogP contribution < -0.4 is 5.32 Å². The minimum atomic E-state index is -0.157. The second kappa shape index (κ2) is 6.31. The van der Waals surface area contributed by atoms with Gasteiger partial charge >= 0.3 is 0 Å². The zero-order valence-electron chi connectivity index (χ0n) is 10.8. The molecule has 1 N–H and O–H groups in total. The van der Waals surface area contributed by atoms with E-state index in [1.54, 1.807) is 12.3 Å². The molecule has 0 saturated heterocycles. The highest BCUT2D eigenvalue weighted by Gasteiger charge is 2.10. The second-order valence-electron chi connectivity index (χ2n) is 4.22. The molecule has 3 rings (SSSR count). The Morgan fingerprint density at radius 1 is 1.14 bits per heavy atom. The maximum atomic E-state index is 12.1. The molecule has 0 radical (unpaired) electrons. The molecule has 0 aliphatic heterocycles. The van der Waals surface area contributed by atoms with Gasteiger partial charge in [-0.05, 0) is 52.9 Å². The number of hydrogen-bond donors (Lipinski definition) is 1. The number of halogens is 1. The number of nitrogens with zero attached hydrogens (tertiary/aromatic N) is 2. The average Bonchev–Trinajstić information content (AvgIpc) is 2.97. The first-order valence-corrected chi connectivity index (χ1v) is 8.12. The largest absolute Gasteiger partial charge is 0.298 e. The molecule has 3 aromatic rings. The fraction of sp³-hybridized carbons (Fsp3) is 0. The van der Waals surface area contributed by atoms with Gasteiger partial charge in [0.15, 0.2) is 5.13 Å².